The summed E-state index contributed by atoms with van der Waals surface area (Å²) in [6.45, 7) is 7.28. The molecule has 0 fully saturated rings. The number of aryl methyl sites for hydroxylation is 2. The Hall–Kier alpha value is -3.32. The predicted molar refractivity (Wildman–Crippen MR) is 124 cm³/mol. The van der Waals surface area contributed by atoms with Crippen molar-refractivity contribution in [1.82, 2.24) is 4.90 Å². The lowest BCUT2D eigenvalue weighted by molar-refractivity contribution is -0.137. The lowest BCUT2D eigenvalue weighted by atomic mass is 9.99. The number of methoxy groups -OCH3 is 2. The lowest BCUT2D eigenvalue weighted by Gasteiger charge is -2.15. The van der Waals surface area contributed by atoms with E-state index in [0.29, 0.717) is 54.5 Å². The Balaban J connectivity index is 2.01. The minimum Gasteiger partial charge on any atom is -0.497 e. The van der Waals surface area contributed by atoms with Crippen LogP contribution in [0.1, 0.15) is 30.0 Å². The molecule has 2 amide bonds. The maximum absolute atomic E-state index is 13.3. The average molecular weight is 439 g/mol. The van der Waals surface area contributed by atoms with Crippen LogP contribution in [0.15, 0.2) is 42.1 Å². The molecule has 0 saturated heterocycles. The topological polar surface area (TPSA) is 77.1 Å². The van der Waals surface area contributed by atoms with E-state index < -0.39 is 0 Å². The molecule has 2 aromatic rings. The van der Waals surface area contributed by atoms with Crippen molar-refractivity contribution < 1.29 is 23.8 Å². The van der Waals surface area contributed by atoms with Gasteiger partial charge in [-0.2, -0.15) is 0 Å². The average Bonchev–Trinajstić information content (AvgIpc) is 3.02. The number of imide groups is 1. The molecule has 0 atom stereocenters. The summed E-state index contributed by atoms with van der Waals surface area (Å²) in [6, 6.07) is 11.0. The second-order valence-corrected chi connectivity index (χ2v) is 7.59. The van der Waals surface area contributed by atoms with Gasteiger partial charge in [-0.25, -0.2) is 0 Å². The fraction of sp³-hybridized carbons (Fsp3) is 0.360. The molecule has 0 radical (unpaired) electrons. The van der Waals surface area contributed by atoms with Crippen LogP contribution in [0.3, 0.4) is 0 Å². The standard InChI is InChI=1S/C25H30N2O5/c1-6-32-11-7-10-27-24(28)22(18-9-8-16(2)17(3)12-18)23(25(27)29)26-19-13-20(30-4)15-21(14-19)31-5/h8-9,12-15,26H,6-7,10-11H2,1-5H3. The highest BCUT2D eigenvalue weighted by molar-refractivity contribution is 6.36. The predicted octanol–water partition coefficient (Wildman–Crippen LogP) is 3.94. The maximum atomic E-state index is 13.3. The number of nitrogens with zero attached hydrogens (tertiary/aromatic N) is 1. The van der Waals surface area contributed by atoms with Gasteiger partial charge in [0.25, 0.3) is 11.8 Å². The summed E-state index contributed by atoms with van der Waals surface area (Å²) in [4.78, 5) is 27.9. The van der Waals surface area contributed by atoms with Crippen molar-refractivity contribution in [3.63, 3.8) is 0 Å². The van der Waals surface area contributed by atoms with Gasteiger partial charge in [0.05, 0.1) is 19.8 Å². The van der Waals surface area contributed by atoms with Gasteiger partial charge < -0.3 is 19.5 Å². The molecule has 170 valence electrons. The summed E-state index contributed by atoms with van der Waals surface area (Å²) < 4.78 is 16.0. The first-order chi connectivity index (χ1) is 15.4. The van der Waals surface area contributed by atoms with Gasteiger partial charge in [0.15, 0.2) is 0 Å². The molecule has 0 spiro atoms. The van der Waals surface area contributed by atoms with Crippen LogP contribution in [0.5, 0.6) is 11.5 Å². The summed E-state index contributed by atoms with van der Waals surface area (Å²) in [6.07, 6.45) is 0.575. The van der Waals surface area contributed by atoms with Crippen molar-refractivity contribution in [3.8, 4) is 11.5 Å². The number of amides is 2. The zero-order valence-electron chi connectivity index (χ0n) is 19.3. The summed E-state index contributed by atoms with van der Waals surface area (Å²) in [5, 5.41) is 3.16. The number of ether oxygens (including phenoxy) is 3. The number of hydrogen-bond acceptors (Lipinski definition) is 6. The molecule has 0 aliphatic carbocycles. The SMILES string of the molecule is CCOCCCN1C(=O)C(Nc2cc(OC)cc(OC)c2)=C(c2ccc(C)c(C)c2)C1=O. The Kier molecular flexibility index (Phi) is 7.53. The van der Waals surface area contributed by atoms with Gasteiger partial charge in [-0.1, -0.05) is 18.2 Å². The van der Waals surface area contributed by atoms with Crippen LogP contribution >= 0.6 is 0 Å². The number of carbonyl (C=O) groups is 2. The largest absolute Gasteiger partial charge is 0.497 e. The Morgan fingerprint density at radius 1 is 0.906 bits per heavy atom. The molecule has 0 aromatic heterocycles. The highest BCUT2D eigenvalue weighted by Gasteiger charge is 2.39. The quantitative estimate of drug-likeness (QED) is 0.447. The monoisotopic (exact) mass is 438 g/mol. The van der Waals surface area contributed by atoms with Crippen molar-refractivity contribution >= 4 is 23.1 Å². The second-order valence-electron chi connectivity index (χ2n) is 7.59. The number of carbonyl (C=O) groups excluding carboxylic acids is 2. The molecular weight excluding hydrogens is 408 g/mol. The molecule has 32 heavy (non-hydrogen) atoms. The van der Waals surface area contributed by atoms with Gasteiger partial charge in [-0.15, -0.1) is 0 Å². The van der Waals surface area contributed by atoms with Crippen LogP contribution in [0.4, 0.5) is 5.69 Å². The van der Waals surface area contributed by atoms with Gasteiger partial charge in [0, 0.05) is 43.6 Å². The van der Waals surface area contributed by atoms with E-state index in [-0.39, 0.29) is 17.5 Å². The van der Waals surface area contributed by atoms with Gasteiger partial charge in [-0.3, -0.25) is 14.5 Å². The van der Waals surface area contributed by atoms with Crippen molar-refractivity contribution in [3.05, 3.63) is 58.8 Å². The molecule has 1 heterocycles. The van der Waals surface area contributed by atoms with Crippen molar-refractivity contribution in [2.45, 2.75) is 27.2 Å². The van der Waals surface area contributed by atoms with Crippen LogP contribution in [-0.4, -0.2) is 50.7 Å². The Labute approximate surface area is 189 Å². The van der Waals surface area contributed by atoms with Crippen LogP contribution in [0, 0.1) is 13.8 Å². The van der Waals surface area contributed by atoms with Crippen molar-refractivity contribution in [2.24, 2.45) is 0 Å². The first kappa shape index (κ1) is 23.3. The molecule has 1 aliphatic rings. The number of benzene rings is 2. The molecule has 1 aliphatic heterocycles. The number of hydrogen-bond donors (Lipinski definition) is 1. The van der Waals surface area contributed by atoms with Crippen LogP contribution in [0.2, 0.25) is 0 Å². The maximum Gasteiger partial charge on any atom is 0.278 e. The third-order valence-electron chi connectivity index (χ3n) is 5.46. The fourth-order valence-electron chi connectivity index (χ4n) is 3.55. The smallest absolute Gasteiger partial charge is 0.278 e. The third-order valence-corrected chi connectivity index (χ3v) is 5.46. The van der Waals surface area contributed by atoms with E-state index in [2.05, 4.69) is 5.32 Å². The molecular formula is C25H30N2O5. The molecule has 0 bridgehead atoms. The van der Waals surface area contributed by atoms with Crippen LogP contribution in [0.25, 0.3) is 5.57 Å². The van der Waals surface area contributed by atoms with Crippen LogP contribution < -0.4 is 14.8 Å². The Bertz CT molecular complexity index is 1020. The molecule has 1 N–H and O–H groups in total. The van der Waals surface area contributed by atoms with Crippen LogP contribution in [-0.2, 0) is 14.3 Å². The van der Waals surface area contributed by atoms with Gasteiger partial charge >= 0.3 is 0 Å². The van der Waals surface area contributed by atoms with Gasteiger partial charge in [-0.05, 0) is 43.9 Å². The Morgan fingerprint density at radius 3 is 2.19 bits per heavy atom. The Morgan fingerprint density at radius 2 is 1.59 bits per heavy atom. The van der Waals surface area contributed by atoms with Crippen molar-refractivity contribution in [2.75, 3.05) is 39.3 Å². The van der Waals surface area contributed by atoms with E-state index in [0.717, 1.165) is 11.1 Å². The summed E-state index contributed by atoms with van der Waals surface area (Å²) in [7, 11) is 3.12. The molecule has 7 nitrogen and oxygen atoms in total. The van der Waals surface area contributed by atoms with Gasteiger partial charge in [0.1, 0.15) is 17.2 Å². The lowest BCUT2D eigenvalue weighted by Crippen LogP contribution is -2.34. The van der Waals surface area contributed by atoms with E-state index in [4.69, 9.17) is 14.2 Å². The first-order valence-electron chi connectivity index (χ1n) is 10.7. The number of anilines is 1. The summed E-state index contributed by atoms with van der Waals surface area (Å²) >= 11 is 0. The van der Waals surface area contributed by atoms with Crippen molar-refractivity contribution in [1.29, 1.82) is 0 Å². The molecule has 3 rings (SSSR count). The zero-order valence-corrected chi connectivity index (χ0v) is 19.3. The summed E-state index contributed by atoms with van der Waals surface area (Å²) in [5.74, 6) is 0.477. The molecule has 0 unspecified atom stereocenters. The highest BCUT2D eigenvalue weighted by atomic mass is 16.5. The van der Waals surface area contributed by atoms with E-state index in [1.165, 1.54) is 4.90 Å². The minimum atomic E-state index is -0.360. The normalized spacial score (nSPS) is 13.7. The molecule has 2 aromatic carbocycles. The zero-order chi connectivity index (χ0) is 23.3. The fourth-order valence-corrected chi connectivity index (χ4v) is 3.55. The van der Waals surface area contributed by atoms with Gasteiger partial charge in [0.2, 0.25) is 0 Å². The second kappa shape index (κ2) is 10.3. The summed E-state index contributed by atoms with van der Waals surface area (Å²) in [5.41, 5.74) is 4.06. The molecule has 0 saturated carbocycles. The third kappa shape index (κ3) is 4.94. The first-order valence-corrected chi connectivity index (χ1v) is 10.7. The van der Waals surface area contributed by atoms with E-state index in [9.17, 15) is 9.59 Å². The number of nitrogens with one attached hydrogen (secondary N) is 1. The van der Waals surface area contributed by atoms with E-state index in [1.54, 1.807) is 32.4 Å². The minimum absolute atomic E-state index is 0.241. The van der Waals surface area contributed by atoms with E-state index in [1.807, 2.05) is 39.0 Å². The van der Waals surface area contributed by atoms with E-state index >= 15 is 0 Å². The number of rotatable bonds is 10. The highest BCUT2D eigenvalue weighted by Crippen LogP contribution is 2.33. The molecule has 7 heteroatoms.